The highest BCUT2D eigenvalue weighted by Gasteiger charge is 2.41. The number of hydrogen-bond donors (Lipinski definition) is 4. The van der Waals surface area contributed by atoms with Crippen LogP contribution in [0.4, 0.5) is 0 Å². The molecule has 1 aliphatic rings. The molecule has 8 nitrogen and oxygen atoms in total. The molecule has 0 bridgehead atoms. The van der Waals surface area contributed by atoms with Crippen LogP contribution in [0.2, 0.25) is 0 Å². The van der Waals surface area contributed by atoms with Crippen molar-refractivity contribution in [1.29, 1.82) is 5.41 Å². The van der Waals surface area contributed by atoms with Crippen molar-refractivity contribution < 1.29 is 19.5 Å². The van der Waals surface area contributed by atoms with E-state index in [4.69, 9.17) is 11.1 Å². The summed E-state index contributed by atoms with van der Waals surface area (Å²) in [6, 6.07) is 26.1. The minimum atomic E-state index is -0.939. The van der Waals surface area contributed by atoms with E-state index in [1.54, 1.807) is 17.0 Å². The van der Waals surface area contributed by atoms with E-state index in [1.165, 1.54) is 0 Å². The van der Waals surface area contributed by atoms with E-state index >= 15 is 0 Å². The summed E-state index contributed by atoms with van der Waals surface area (Å²) in [4.78, 5) is 40.5. The molecule has 4 rings (SSSR count). The van der Waals surface area contributed by atoms with Crippen molar-refractivity contribution in [2.24, 2.45) is 11.7 Å². The number of nitrogens with one attached hydrogen (secondary N) is 2. The molecule has 5 N–H and O–H groups in total. The minimum Gasteiger partial charge on any atom is -0.481 e. The number of likely N-dealkylation sites (tertiary alicyclic amines) is 1. The first-order chi connectivity index (χ1) is 19.3. The molecule has 1 heterocycles. The molecule has 1 fully saturated rings. The summed E-state index contributed by atoms with van der Waals surface area (Å²) in [6.07, 6.45) is 1.78. The van der Waals surface area contributed by atoms with Gasteiger partial charge in [-0.2, -0.15) is 0 Å². The largest absolute Gasteiger partial charge is 0.481 e. The molecule has 3 aromatic rings. The average Bonchev–Trinajstić information content (AvgIpc) is 3.42. The van der Waals surface area contributed by atoms with Crippen molar-refractivity contribution in [3.05, 3.63) is 107 Å². The van der Waals surface area contributed by atoms with Gasteiger partial charge in [-0.3, -0.25) is 19.8 Å². The number of aliphatic carboxylic acids is 1. The molecule has 0 aromatic heterocycles. The Balaban J connectivity index is 1.51. The Bertz CT molecular complexity index is 1310. The maximum atomic E-state index is 14.0. The number of nitrogens with two attached hydrogens (primary N) is 1. The van der Waals surface area contributed by atoms with Gasteiger partial charge in [-0.05, 0) is 42.4 Å². The zero-order valence-electron chi connectivity index (χ0n) is 22.5. The molecule has 0 radical (unpaired) electrons. The van der Waals surface area contributed by atoms with Crippen molar-refractivity contribution in [2.75, 3.05) is 6.54 Å². The lowest BCUT2D eigenvalue weighted by Gasteiger charge is -2.28. The van der Waals surface area contributed by atoms with Gasteiger partial charge in [0.25, 0.3) is 0 Å². The fourth-order valence-corrected chi connectivity index (χ4v) is 5.31. The summed E-state index contributed by atoms with van der Waals surface area (Å²) in [5, 5.41) is 19.9. The number of benzene rings is 3. The number of aryl methyl sites for hydroxylation is 1. The van der Waals surface area contributed by atoms with Crippen LogP contribution in [-0.2, 0) is 27.3 Å². The SMILES string of the molecule is N=C(N)c1ccc(CNC(=O)[C@@H]2C[C@H](c3ccccc3)CN2C(=O)[C@H](CCC(=O)O)CCc2ccccc2)cc1. The van der Waals surface area contributed by atoms with Crippen molar-refractivity contribution >= 4 is 23.6 Å². The summed E-state index contributed by atoms with van der Waals surface area (Å²) >= 11 is 0. The highest BCUT2D eigenvalue weighted by Crippen LogP contribution is 2.34. The van der Waals surface area contributed by atoms with Gasteiger partial charge in [0.15, 0.2) is 0 Å². The average molecular weight is 541 g/mol. The van der Waals surface area contributed by atoms with Crippen molar-refractivity contribution in [2.45, 2.75) is 50.6 Å². The first-order valence-corrected chi connectivity index (χ1v) is 13.6. The number of amides is 2. The van der Waals surface area contributed by atoms with Gasteiger partial charge < -0.3 is 21.1 Å². The van der Waals surface area contributed by atoms with Gasteiger partial charge >= 0.3 is 5.97 Å². The molecule has 1 saturated heterocycles. The molecule has 2 amide bonds. The molecule has 3 atom stereocenters. The van der Waals surface area contributed by atoms with E-state index < -0.39 is 17.9 Å². The van der Waals surface area contributed by atoms with Crippen LogP contribution in [0.15, 0.2) is 84.9 Å². The van der Waals surface area contributed by atoms with Crippen LogP contribution < -0.4 is 11.1 Å². The van der Waals surface area contributed by atoms with Gasteiger partial charge in [-0.15, -0.1) is 0 Å². The number of carboxylic acid groups (broad SMARTS) is 1. The third-order valence-electron chi connectivity index (χ3n) is 7.57. The van der Waals surface area contributed by atoms with Gasteiger partial charge in [0.1, 0.15) is 11.9 Å². The number of carbonyl (C=O) groups is 3. The molecule has 8 heteroatoms. The second kappa shape index (κ2) is 13.6. The third kappa shape index (κ3) is 7.56. The Morgan fingerprint density at radius 2 is 1.57 bits per heavy atom. The van der Waals surface area contributed by atoms with E-state index in [0.717, 1.165) is 16.7 Å². The van der Waals surface area contributed by atoms with Crippen LogP contribution >= 0.6 is 0 Å². The lowest BCUT2D eigenvalue weighted by molar-refractivity contribution is -0.143. The van der Waals surface area contributed by atoms with Crippen molar-refractivity contribution in [3.63, 3.8) is 0 Å². The molecule has 3 aromatic carbocycles. The van der Waals surface area contributed by atoms with E-state index in [9.17, 15) is 19.5 Å². The minimum absolute atomic E-state index is 0.00463. The summed E-state index contributed by atoms with van der Waals surface area (Å²) in [7, 11) is 0. The number of nitrogen functional groups attached to an aromatic ring is 1. The third-order valence-corrected chi connectivity index (χ3v) is 7.57. The van der Waals surface area contributed by atoms with Crippen LogP contribution in [-0.4, -0.2) is 46.2 Å². The molecular formula is C32H36N4O4. The van der Waals surface area contributed by atoms with E-state index in [-0.39, 0.29) is 43.0 Å². The topological polar surface area (TPSA) is 137 Å². The van der Waals surface area contributed by atoms with E-state index in [0.29, 0.717) is 31.4 Å². The number of carbonyl (C=O) groups excluding carboxylic acids is 2. The van der Waals surface area contributed by atoms with Gasteiger partial charge in [0.2, 0.25) is 11.8 Å². The molecule has 1 aliphatic heterocycles. The van der Waals surface area contributed by atoms with Crippen molar-refractivity contribution in [1.82, 2.24) is 10.2 Å². The quantitative estimate of drug-likeness (QED) is 0.203. The lowest BCUT2D eigenvalue weighted by Crippen LogP contribution is -2.47. The van der Waals surface area contributed by atoms with E-state index in [1.807, 2.05) is 72.8 Å². The smallest absolute Gasteiger partial charge is 0.303 e. The molecule has 0 aliphatic carbocycles. The maximum absolute atomic E-state index is 14.0. The van der Waals surface area contributed by atoms with Gasteiger partial charge in [-0.25, -0.2) is 0 Å². The number of rotatable bonds is 12. The monoisotopic (exact) mass is 540 g/mol. The number of carboxylic acids is 1. The Morgan fingerprint density at radius 1 is 0.925 bits per heavy atom. The normalized spacial score (nSPS) is 17.2. The second-order valence-corrected chi connectivity index (χ2v) is 10.3. The van der Waals surface area contributed by atoms with Gasteiger partial charge in [-0.1, -0.05) is 84.9 Å². The van der Waals surface area contributed by atoms with E-state index in [2.05, 4.69) is 5.32 Å². The Kier molecular flexibility index (Phi) is 9.67. The first-order valence-electron chi connectivity index (χ1n) is 13.6. The lowest BCUT2D eigenvalue weighted by atomic mass is 9.93. The zero-order valence-corrected chi connectivity index (χ0v) is 22.5. The fourth-order valence-electron chi connectivity index (χ4n) is 5.31. The number of amidine groups is 1. The maximum Gasteiger partial charge on any atom is 0.303 e. The van der Waals surface area contributed by atoms with Gasteiger partial charge in [0.05, 0.1) is 0 Å². The fraction of sp³-hybridized carbons (Fsp3) is 0.312. The summed E-state index contributed by atoms with van der Waals surface area (Å²) < 4.78 is 0. The first kappa shape index (κ1) is 28.5. The molecule has 0 spiro atoms. The molecule has 0 saturated carbocycles. The van der Waals surface area contributed by atoms with Crippen LogP contribution in [0, 0.1) is 11.3 Å². The molecular weight excluding hydrogens is 504 g/mol. The van der Waals surface area contributed by atoms with Crippen LogP contribution in [0.1, 0.15) is 53.9 Å². The zero-order chi connectivity index (χ0) is 28.5. The predicted octanol–water partition coefficient (Wildman–Crippen LogP) is 4.09. The summed E-state index contributed by atoms with van der Waals surface area (Å²) in [5.74, 6) is -1.85. The van der Waals surface area contributed by atoms with Crippen LogP contribution in [0.3, 0.4) is 0 Å². The highest BCUT2D eigenvalue weighted by atomic mass is 16.4. The highest BCUT2D eigenvalue weighted by molar-refractivity contribution is 5.95. The predicted molar refractivity (Wildman–Crippen MR) is 154 cm³/mol. The number of nitrogens with zero attached hydrogens (tertiary/aromatic N) is 1. The Morgan fingerprint density at radius 3 is 2.20 bits per heavy atom. The molecule has 40 heavy (non-hydrogen) atoms. The van der Waals surface area contributed by atoms with Crippen molar-refractivity contribution in [3.8, 4) is 0 Å². The van der Waals surface area contributed by atoms with Crippen LogP contribution in [0.25, 0.3) is 0 Å². The Hall–Kier alpha value is -4.46. The van der Waals surface area contributed by atoms with Gasteiger partial charge in [0, 0.05) is 36.9 Å². The summed E-state index contributed by atoms with van der Waals surface area (Å²) in [6.45, 7) is 0.686. The molecule has 0 unspecified atom stereocenters. The van der Waals surface area contributed by atoms with Crippen LogP contribution in [0.5, 0.6) is 0 Å². The standard InChI is InChI=1S/C32H36N4O4/c33-30(34)25-14-12-23(13-15-25)20-35-31(39)28-19-27(24-9-5-2-6-10-24)21-36(28)32(40)26(17-18-29(37)38)16-11-22-7-3-1-4-8-22/h1-10,12-15,26-28H,11,16-21H2,(H3,33,34)(H,35,39)(H,37,38)/t26-,27-,28-/m0/s1. The second-order valence-electron chi connectivity index (χ2n) is 10.3. The Labute approximate surface area is 234 Å². The number of hydrogen-bond acceptors (Lipinski definition) is 4. The molecule has 208 valence electrons. The summed E-state index contributed by atoms with van der Waals surface area (Å²) in [5.41, 5.74) is 9.16.